The number of benzene rings is 7. The normalized spacial score (nSPS) is 11.0. The first-order valence-electron chi connectivity index (χ1n) is 16.5. The maximum absolute atomic E-state index is 4.12. The van der Waals surface area contributed by atoms with Crippen LogP contribution in [0.25, 0.3) is 32.7 Å². The van der Waals surface area contributed by atoms with Gasteiger partial charge in [0.2, 0.25) is 0 Å². The minimum Gasteiger partial charge on any atom is -0.310 e. The van der Waals surface area contributed by atoms with Gasteiger partial charge in [0.1, 0.15) is 0 Å². The fraction of sp³-hybridized carbons (Fsp3) is 0.0435. The highest BCUT2D eigenvalue weighted by Gasteiger charge is 2.17. The van der Waals surface area contributed by atoms with Crippen LogP contribution in [0.3, 0.4) is 0 Å². The van der Waals surface area contributed by atoms with Crippen molar-refractivity contribution in [3.63, 3.8) is 0 Å². The van der Waals surface area contributed by atoms with Crippen molar-refractivity contribution < 1.29 is 0 Å². The van der Waals surface area contributed by atoms with Gasteiger partial charge in [0.25, 0.3) is 0 Å². The summed E-state index contributed by atoms with van der Waals surface area (Å²) < 4.78 is 0. The van der Waals surface area contributed by atoms with Crippen LogP contribution in [0.2, 0.25) is 0 Å². The van der Waals surface area contributed by atoms with E-state index >= 15 is 0 Å². The molecule has 7 aromatic carbocycles. The third-order valence-electron chi connectivity index (χ3n) is 8.37. The van der Waals surface area contributed by atoms with Crippen LogP contribution >= 0.6 is 0 Å². The molecule has 0 aromatic heterocycles. The SMILES string of the molecule is C=C/C=C(\C=C)N(c1ccc(-c2ccc(N(c3ccccc3)c3cccc4ccccc34)cc2)cc1)c1cccc2ccccc12.CC. The van der Waals surface area contributed by atoms with Crippen LogP contribution in [-0.4, -0.2) is 0 Å². The molecule has 7 rings (SSSR count). The molecule has 0 unspecified atom stereocenters. The lowest BCUT2D eigenvalue weighted by molar-refractivity contribution is 1.22. The zero-order valence-corrected chi connectivity index (χ0v) is 27.6. The lowest BCUT2D eigenvalue weighted by Gasteiger charge is -2.28. The lowest BCUT2D eigenvalue weighted by atomic mass is 10.0. The van der Waals surface area contributed by atoms with Crippen LogP contribution in [-0.2, 0) is 0 Å². The van der Waals surface area contributed by atoms with Gasteiger partial charge in [0.05, 0.1) is 11.4 Å². The van der Waals surface area contributed by atoms with Gasteiger partial charge in [-0.25, -0.2) is 0 Å². The molecule has 0 aliphatic carbocycles. The topological polar surface area (TPSA) is 6.48 Å². The number of para-hydroxylation sites is 1. The maximum atomic E-state index is 4.12. The molecule has 234 valence electrons. The van der Waals surface area contributed by atoms with Gasteiger partial charge in [-0.1, -0.05) is 148 Å². The molecule has 0 spiro atoms. The van der Waals surface area contributed by atoms with Gasteiger partial charge in [-0.2, -0.15) is 0 Å². The van der Waals surface area contributed by atoms with E-state index in [4.69, 9.17) is 0 Å². The van der Waals surface area contributed by atoms with Crippen LogP contribution in [0.5, 0.6) is 0 Å². The molecule has 2 nitrogen and oxygen atoms in total. The van der Waals surface area contributed by atoms with Gasteiger partial charge in [-0.3, -0.25) is 0 Å². The second-order valence-corrected chi connectivity index (χ2v) is 11.1. The van der Waals surface area contributed by atoms with Crippen LogP contribution in [0.1, 0.15) is 13.8 Å². The van der Waals surface area contributed by atoms with Crippen LogP contribution in [0.15, 0.2) is 201 Å². The summed E-state index contributed by atoms with van der Waals surface area (Å²) in [6.45, 7) is 12.1. The third-order valence-corrected chi connectivity index (χ3v) is 8.37. The van der Waals surface area contributed by atoms with Crippen LogP contribution < -0.4 is 9.80 Å². The Bertz CT molecular complexity index is 2160. The van der Waals surface area contributed by atoms with Crippen molar-refractivity contribution in [2.45, 2.75) is 13.8 Å². The van der Waals surface area contributed by atoms with Gasteiger partial charge in [0.15, 0.2) is 0 Å². The Labute approximate surface area is 284 Å². The Balaban J connectivity index is 0.00000197. The summed E-state index contributed by atoms with van der Waals surface area (Å²) in [5.74, 6) is 0. The van der Waals surface area contributed by atoms with Gasteiger partial charge in [-0.05, 0) is 82.6 Å². The highest BCUT2D eigenvalue weighted by Crippen LogP contribution is 2.40. The predicted molar refractivity (Wildman–Crippen MR) is 210 cm³/mol. The molecule has 0 amide bonds. The molecule has 0 saturated heterocycles. The zero-order valence-electron chi connectivity index (χ0n) is 27.6. The summed E-state index contributed by atoms with van der Waals surface area (Å²) in [6.07, 6.45) is 5.68. The van der Waals surface area contributed by atoms with E-state index in [1.54, 1.807) is 0 Å². The molecule has 0 saturated carbocycles. The number of rotatable bonds is 9. The molecule has 0 N–H and O–H groups in total. The molecule has 2 heteroatoms. The first-order valence-corrected chi connectivity index (χ1v) is 16.5. The predicted octanol–water partition coefficient (Wildman–Crippen LogP) is 13.5. The average Bonchev–Trinajstić information content (AvgIpc) is 3.17. The Kier molecular flexibility index (Phi) is 9.94. The van der Waals surface area contributed by atoms with E-state index in [1.165, 1.54) is 21.5 Å². The van der Waals surface area contributed by atoms with E-state index in [9.17, 15) is 0 Å². The summed E-state index contributed by atoms with van der Waals surface area (Å²) >= 11 is 0. The van der Waals surface area contributed by atoms with E-state index in [2.05, 4.69) is 187 Å². The maximum Gasteiger partial charge on any atom is 0.0540 e. The summed E-state index contributed by atoms with van der Waals surface area (Å²) in [5.41, 5.74) is 8.79. The fourth-order valence-corrected chi connectivity index (χ4v) is 6.20. The van der Waals surface area contributed by atoms with Crippen molar-refractivity contribution in [2.75, 3.05) is 9.80 Å². The summed E-state index contributed by atoms with van der Waals surface area (Å²) in [4.78, 5) is 4.58. The zero-order chi connectivity index (χ0) is 33.3. The number of fused-ring (bicyclic) bond motifs is 2. The molecular weight excluding hydrogens is 581 g/mol. The second kappa shape index (κ2) is 15.0. The van der Waals surface area contributed by atoms with E-state index in [-0.39, 0.29) is 0 Å². The molecular formula is C46H40N2. The highest BCUT2D eigenvalue weighted by atomic mass is 15.2. The average molecular weight is 621 g/mol. The number of allylic oxidation sites excluding steroid dienone is 3. The van der Waals surface area contributed by atoms with Gasteiger partial charge in [0, 0.05) is 33.5 Å². The summed E-state index contributed by atoms with van der Waals surface area (Å²) in [7, 11) is 0. The van der Waals surface area contributed by atoms with Crippen molar-refractivity contribution >= 4 is 50.0 Å². The van der Waals surface area contributed by atoms with Crippen molar-refractivity contribution in [3.8, 4) is 11.1 Å². The monoisotopic (exact) mass is 620 g/mol. The number of hydrogen-bond donors (Lipinski definition) is 0. The fourth-order valence-electron chi connectivity index (χ4n) is 6.20. The van der Waals surface area contributed by atoms with Crippen molar-refractivity contribution in [3.05, 3.63) is 201 Å². The summed E-state index contributed by atoms with van der Waals surface area (Å²) in [5, 5.41) is 4.80. The molecule has 0 atom stereocenters. The van der Waals surface area contributed by atoms with Crippen molar-refractivity contribution in [1.82, 2.24) is 0 Å². The Morgan fingerprint density at radius 3 is 1.48 bits per heavy atom. The third kappa shape index (κ3) is 6.42. The van der Waals surface area contributed by atoms with Gasteiger partial charge in [-0.15, -0.1) is 0 Å². The van der Waals surface area contributed by atoms with Crippen LogP contribution in [0, 0.1) is 0 Å². The number of anilines is 5. The first kappa shape index (κ1) is 31.8. The van der Waals surface area contributed by atoms with E-state index in [0.29, 0.717) is 0 Å². The Morgan fingerprint density at radius 1 is 0.458 bits per heavy atom. The Morgan fingerprint density at radius 2 is 0.917 bits per heavy atom. The number of hydrogen-bond acceptors (Lipinski definition) is 2. The molecule has 0 aliphatic rings. The van der Waals surface area contributed by atoms with Gasteiger partial charge < -0.3 is 9.80 Å². The van der Waals surface area contributed by atoms with E-state index < -0.39 is 0 Å². The summed E-state index contributed by atoms with van der Waals surface area (Å²) in [6, 6.07) is 58.1. The molecule has 7 aromatic rings. The molecule has 0 fully saturated rings. The van der Waals surface area contributed by atoms with Crippen LogP contribution in [0.4, 0.5) is 28.4 Å². The highest BCUT2D eigenvalue weighted by molar-refractivity contribution is 5.99. The van der Waals surface area contributed by atoms with Crippen molar-refractivity contribution in [1.29, 1.82) is 0 Å². The number of nitrogens with zero attached hydrogens (tertiary/aromatic N) is 2. The molecule has 0 radical (unpaired) electrons. The molecule has 0 heterocycles. The second-order valence-electron chi connectivity index (χ2n) is 11.1. The quantitative estimate of drug-likeness (QED) is 0.148. The van der Waals surface area contributed by atoms with E-state index in [1.807, 2.05) is 32.1 Å². The van der Waals surface area contributed by atoms with Crippen molar-refractivity contribution in [2.24, 2.45) is 0 Å². The van der Waals surface area contributed by atoms with E-state index in [0.717, 1.165) is 45.3 Å². The molecule has 0 bridgehead atoms. The standard InChI is InChI=1S/C44H34N2.C2H6/c1-3-14-37(4-2)45(43-23-12-17-35-15-8-10-21-41(35)43)39-29-25-33(26-30-39)34-27-31-40(32-28-34)46(38-19-6-5-7-20-38)44-24-13-18-36-16-9-11-22-42(36)44;1-2/h3-32H,1-2H2;1-2H3/b37-14+;. The molecule has 0 aliphatic heterocycles. The largest absolute Gasteiger partial charge is 0.310 e. The minimum atomic E-state index is 0.956. The minimum absolute atomic E-state index is 0.956. The van der Waals surface area contributed by atoms with Gasteiger partial charge >= 0.3 is 0 Å². The lowest BCUT2D eigenvalue weighted by Crippen LogP contribution is -2.15. The molecule has 48 heavy (non-hydrogen) atoms. The Hall–Kier alpha value is -6.12. The smallest absolute Gasteiger partial charge is 0.0540 e. The first-order chi connectivity index (χ1) is 23.7.